The van der Waals surface area contributed by atoms with Crippen molar-refractivity contribution in [2.24, 2.45) is 0 Å². The lowest BCUT2D eigenvalue weighted by atomic mass is 10.1. The van der Waals surface area contributed by atoms with Gasteiger partial charge in [0, 0.05) is 18.3 Å². The molecule has 0 aliphatic carbocycles. The summed E-state index contributed by atoms with van der Waals surface area (Å²) in [5.41, 5.74) is 0.794. The Labute approximate surface area is 206 Å². The molecule has 10 heteroatoms. The number of carboxylic acid groups (broad SMARTS) is 1. The largest absolute Gasteiger partial charge is 0.493 e. The molecule has 1 heterocycles. The number of nitrogens with zero attached hydrogens (tertiary/aromatic N) is 1. The Hall–Kier alpha value is -4.86. The zero-order valence-electron chi connectivity index (χ0n) is 19.2. The van der Waals surface area contributed by atoms with Crippen LogP contribution in [0.1, 0.15) is 27.1 Å². The molecular weight excluding hydrogens is 468 g/mol. The van der Waals surface area contributed by atoms with Gasteiger partial charge < -0.3 is 24.6 Å². The molecule has 1 aliphatic heterocycles. The predicted octanol–water partition coefficient (Wildman–Crippen LogP) is 3.58. The minimum atomic E-state index is -1.10. The van der Waals surface area contributed by atoms with Crippen molar-refractivity contribution in [2.75, 3.05) is 25.6 Å². The molecule has 3 aromatic rings. The molecule has 0 spiro atoms. The highest BCUT2D eigenvalue weighted by Crippen LogP contribution is 2.30. The summed E-state index contributed by atoms with van der Waals surface area (Å²) in [5, 5.41) is 11.6. The summed E-state index contributed by atoms with van der Waals surface area (Å²) >= 11 is 0. The number of fused-ring (bicyclic) bond motifs is 1. The first-order valence-corrected chi connectivity index (χ1v) is 10.9. The van der Waals surface area contributed by atoms with Crippen molar-refractivity contribution >= 4 is 29.4 Å². The van der Waals surface area contributed by atoms with Crippen LogP contribution in [0.25, 0.3) is 0 Å². The smallest absolute Gasteiger partial charge is 0.305 e. The normalized spacial score (nSPS) is 12.2. The van der Waals surface area contributed by atoms with Crippen molar-refractivity contribution in [1.29, 1.82) is 0 Å². The Morgan fingerprint density at radius 3 is 2.36 bits per heavy atom. The Kier molecular flexibility index (Phi) is 7.15. The summed E-state index contributed by atoms with van der Waals surface area (Å²) in [6, 6.07) is 18.0. The molecule has 4 rings (SSSR count). The molecule has 0 fully saturated rings. The fourth-order valence-electron chi connectivity index (χ4n) is 3.60. The van der Waals surface area contributed by atoms with Crippen LogP contribution in [0.2, 0.25) is 0 Å². The van der Waals surface area contributed by atoms with Gasteiger partial charge in [-0.3, -0.25) is 24.1 Å². The number of amides is 3. The highest BCUT2D eigenvalue weighted by Gasteiger charge is 2.35. The van der Waals surface area contributed by atoms with Crippen molar-refractivity contribution < 1.29 is 38.5 Å². The number of benzene rings is 3. The van der Waals surface area contributed by atoms with E-state index < -0.39 is 17.8 Å². The van der Waals surface area contributed by atoms with Gasteiger partial charge in [-0.05, 0) is 42.5 Å². The van der Waals surface area contributed by atoms with Gasteiger partial charge in [0.15, 0.2) is 18.1 Å². The van der Waals surface area contributed by atoms with Crippen molar-refractivity contribution in [3.63, 3.8) is 0 Å². The third-order valence-electron chi connectivity index (χ3n) is 5.27. The SMILES string of the molecule is COc1ccccc1OCC(=O)Nc1cccc(Oc2ccc3c(c2)C(=O)N(CCC(=O)O)C3=O)c1. The summed E-state index contributed by atoms with van der Waals surface area (Å²) < 4.78 is 16.5. The Morgan fingerprint density at radius 2 is 1.61 bits per heavy atom. The van der Waals surface area contributed by atoms with E-state index >= 15 is 0 Å². The van der Waals surface area contributed by atoms with Crippen LogP contribution in [0.4, 0.5) is 5.69 Å². The van der Waals surface area contributed by atoms with E-state index in [0.29, 0.717) is 28.7 Å². The van der Waals surface area contributed by atoms with Crippen LogP contribution in [0.3, 0.4) is 0 Å². The van der Waals surface area contributed by atoms with E-state index in [1.54, 1.807) is 48.5 Å². The van der Waals surface area contributed by atoms with Gasteiger partial charge in [-0.1, -0.05) is 18.2 Å². The van der Waals surface area contributed by atoms with Gasteiger partial charge in [0.1, 0.15) is 11.5 Å². The first-order valence-electron chi connectivity index (χ1n) is 10.9. The second kappa shape index (κ2) is 10.6. The minimum absolute atomic E-state index is 0.140. The third-order valence-corrected chi connectivity index (χ3v) is 5.27. The molecule has 3 aromatic carbocycles. The number of carboxylic acids is 1. The molecule has 10 nitrogen and oxygen atoms in total. The molecule has 1 aliphatic rings. The van der Waals surface area contributed by atoms with Gasteiger partial charge in [-0.2, -0.15) is 0 Å². The van der Waals surface area contributed by atoms with Gasteiger partial charge in [-0.15, -0.1) is 0 Å². The standard InChI is InChI=1S/C26H22N2O8/c1-34-21-7-2-3-8-22(21)35-15-23(29)27-16-5-4-6-17(13-16)36-18-9-10-19-20(14-18)26(33)28(25(19)32)12-11-24(30)31/h2-10,13-14H,11-12,15H2,1H3,(H,27,29)(H,30,31). The average molecular weight is 490 g/mol. The molecule has 0 saturated carbocycles. The number of carbonyl (C=O) groups excluding carboxylic acids is 3. The van der Waals surface area contributed by atoms with Gasteiger partial charge in [0.2, 0.25) is 0 Å². The number of hydrogen-bond acceptors (Lipinski definition) is 7. The number of carbonyl (C=O) groups is 4. The van der Waals surface area contributed by atoms with Crippen molar-refractivity contribution in [3.8, 4) is 23.0 Å². The van der Waals surface area contributed by atoms with Crippen molar-refractivity contribution in [3.05, 3.63) is 77.9 Å². The van der Waals surface area contributed by atoms with Crippen LogP contribution < -0.4 is 19.5 Å². The number of methoxy groups -OCH3 is 1. The zero-order chi connectivity index (χ0) is 25.7. The van der Waals surface area contributed by atoms with Crippen LogP contribution in [-0.4, -0.2) is 54.0 Å². The molecule has 3 amide bonds. The fraction of sp³-hybridized carbons (Fsp3) is 0.154. The highest BCUT2D eigenvalue weighted by atomic mass is 16.5. The summed E-state index contributed by atoms with van der Waals surface area (Å²) in [4.78, 5) is 49.1. The van der Waals surface area contributed by atoms with Crippen LogP contribution in [-0.2, 0) is 9.59 Å². The van der Waals surface area contributed by atoms with E-state index in [-0.39, 0.29) is 36.6 Å². The first kappa shape index (κ1) is 24.3. The van der Waals surface area contributed by atoms with Crippen LogP contribution in [0.15, 0.2) is 66.7 Å². The molecule has 0 saturated heterocycles. The van der Waals surface area contributed by atoms with Crippen LogP contribution in [0.5, 0.6) is 23.0 Å². The lowest BCUT2D eigenvalue weighted by Crippen LogP contribution is -2.31. The lowest BCUT2D eigenvalue weighted by molar-refractivity contribution is -0.137. The zero-order valence-corrected chi connectivity index (χ0v) is 19.2. The molecule has 0 atom stereocenters. The van der Waals surface area contributed by atoms with E-state index in [2.05, 4.69) is 5.32 Å². The van der Waals surface area contributed by atoms with Crippen LogP contribution in [0, 0.1) is 0 Å². The maximum atomic E-state index is 12.6. The summed E-state index contributed by atoms with van der Waals surface area (Å²) in [6.45, 7) is -0.439. The number of rotatable bonds is 10. The van der Waals surface area contributed by atoms with E-state index in [1.165, 1.54) is 25.3 Å². The Balaban J connectivity index is 1.39. The number of aliphatic carboxylic acids is 1. The Bertz CT molecular complexity index is 1340. The molecule has 0 aromatic heterocycles. The predicted molar refractivity (Wildman–Crippen MR) is 128 cm³/mol. The molecule has 36 heavy (non-hydrogen) atoms. The quantitative estimate of drug-likeness (QED) is 0.412. The summed E-state index contributed by atoms with van der Waals surface area (Å²) in [6.07, 6.45) is -0.336. The number of hydrogen-bond donors (Lipinski definition) is 2. The third kappa shape index (κ3) is 5.44. The second-order valence-electron chi connectivity index (χ2n) is 7.73. The maximum Gasteiger partial charge on any atom is 0.305 e. The average Bonchev–Trinajstić information content (AvgIpc) is 3.10. The van der Waals surface area contributed by atoms with Crippen LogP contribution >= 0.6 is 0 Å². The first-order chi connectivity index (χ1) is 17.4. The van der Waals surface area contributed by atoms with E-state index in [0.717, 1.165) is 4.90 Å². The summed E-state index contributed by atoms with van der Waals surface area (Å²) in [5.74, 6) is -0.954. The number of para-hydroxylation sites is 2. The minimum Gasteiger partial charge on any atom is -0.493 e. The molecule has 184 valence electrons. The molecule has 0 radical (unpaired) electrons. The number of imide groups is 1. The lowest BCUT2D eigenvalue weighted by Gasteiger charge is -2.12. The maximum absolute atomic E-state index is 12.6. The second-order valence-corrected chi connectivity index (χ2v) is 7.73. The summed E-state index contributed by atoms with van der Waals surface area (Å²) in [7, 11) is 1.51. The van der Waals surface area contributed by atoms with Crippen molar-refractivity contribution in [1.82, 2.24) is 4.90 Å². The van der Waals surface area contributed by atoms with Crippen molar-refractivity contribution in [2.45, 2.75) is 6.42 Å². The van der Waals surface area contributed by atoms with E-state index in [4.69, 9.17) is 19.3 Å². The highest BCUT2D eigenvalue weighted by molar-refractivity contribution is 6.21. The molecular formula is C26H22N2O8. The fourth-order valence-corrected chi connectivity index (χ4v) is 3.60. The van der Waals surface area contributed by atoms with E-state index in [1.807, 2.05) is 0 Å². The van der Waals surface area contributed by atoms with Gasteiger partial charge >= 0.3 is 5.97 Å². The monoisotopic (exact) mass is 490 g/mol. The van der Waals surface area contributed by atoms with Gasteiger partial charge in [0.25, 0.3) is 17.7 Å². The topological polar surface area (TPSA) is 131 Å². The van der Waals surface area contributed by atoms with E-state index in [9.17, 15) is 19.2 Å². The van der Waals surface area contributed by atoms with Gasteiger partial charge in [0.05, 0.1) is 24.7 Å². The number of ether oxygens (including phenoxy) is 3. The van der Waals surface area contributed by atoms with Gasteiger partial charge in [-0.25, -0.2) is 0 Å². The molecule has 0 unspecified atom stereocenters. The Morgan fingerprint density at radius 1 is 0.889 bits per heavy atom. The molecule has 2 N–H and O–H groups in total. The molecule has 0 bridgehead atoms. The number of anilines is 1. The number of nitrogens with one attached hydrogen (secondary N) is 1.